The average molecular weight is 392 g/mol. The number of thiazole rings is 1. The van der Waals surface area contributed by atoms with Gasteiger partial charge in [-0.3, -0.25) is 4.79 Å². The number of carbonyl (C=O) groups is 1. The first-order valence-electron chi connectivity index (χ1n) is 9.74. The summed E-state index contributed by atoms with van der Waals surface area (Å²) in [6, 6.07) is 16.5. The molecule has 2 heterocycles. The van der Waals surface area contributed by atoms with Crippen LogP contribution in [0, 0.1) is 0 Å². The second kappa shape index (κ2) is 8.15. The highest BCUT2D eigenvalue weighted by atomic mass is 32.1. The predicted molar refractivity (Wildman–Crippen MR) is 115 cm³/mol. The van der Waals surface area contributed by atoms with Gasteiger partial charge in [0.25, 0.3) is 5.91 Å². The molecule has 0 bridgehead atoms. The van der Waals surface area contributed by atoms with E-state index in [2.05, 4.69) is 53.3 Å². The van der Waals surface area contributed by atoms with E-state index in [0.717, 1.165) is 35.9 Å². The molecule has 0 saturated heterocycles. The lowest BCUT2D eigenvalue weighted by Crippen LogP contribution is -2.30. The van der Waals surface area contributed by atoms with E-state index in [1.807, 2.05) is 29.6 Å². The molecule has 5 heteroatoms. The number of benzene rings is 2. The van der Waals surface area contributed by atoms with Crippen molar-refractivity contribution >= 4 is 22.9 Å². The van der Waals surface area contributed by atoms with Gasteiger partial charge in [0.1, 0.15) is 0 Å². The van der Waals surface area contributed by atoms with Crippen molar-refractivity contribution < 1.29 is 4.79 Å². The molecule has 1 N–H and O–H groups in total. The minimum Gasteiger partial charge on any atom is -0.367 e. The quantitative estimate of drug-likeness (QED) is 0.682. The summed E-state index contributed by atoms with van der Waals surface area (Å²) in [6.07, 6.45) is 1.06. The molecule has 0 spiro atoms. The van der Waals surface area contributed by atoms with Crippen molar-refractivity contribution in [3.63, 3.8) is 0 Å². The fraction of sp³-hybridized carbons (Fsp3) is 0.304. The smallest absolute Gasteiger partial charge is 0.251 e. The summed E-state index contributed by atoms with van der Waals surface area (Å²) in [7, 11) is 0. The first-order valence-corrected chi connectivity index (χ1v) is 10.6. The van der Waals surface area contributed by atoms with Crippen LogP contribution < -0.4 is 10.2 Å². The molecule has 1 aromatic heterocycles. The molecule has 0 atom stereocenters. The lowest BCUT2D eigenvalue weighted by molar-refractivity contribution is 0.0950. The molecule has 0 radical (unpaired) electrons. The Balaban J connectivity index is 1.37. The zero-order valence-corrected chi connectivity index (χ0v) is 17.1. The maximum absolute atomic E-state index is 12.5. The summed E-state index contributed by atoms with van der Waals surface area (Å²) in [4.78, 5) is 19.4. The van der Waals surface area contributed by atoms with E-state index in [1.54, 1.807) is 11.3 Å². The van der Waals surface area contributed by atoms with Crippen molar-refractivity contribution in [3.8, 4) is 0 Å². The van der Waals surface area contributed by atoms with Crippen LogP contribution in [0.3, 0.4) is 0 Å². The third-order valence-corrected chi connectivity index (χ3v) is 6.31. The SMILES string of the molecule is CC(C)c1nc(CNC(=O)c2ccc(N3CCc4ccccc4C3)cc2)cs1. The third-order valence-electron chi connectivity index (χ3n) is 5.12. The van der Waals surface area contributed by atoms with Gasteiger partial charge in [-0.1, -0.05) is 38.1 Å². The van der Waals surface area contributed by atoms with Gasteiger partial charge < -0.3 is 10.2 Å². The number of nitrogens with zero attached hydrogens (tertiary/aromatic N) is 2. The largest absolute Gasteiger partial charge is 0.367 e. The maximum atomic E-state index is 12.5. The van der Waals surface area contributed by atoms with Gasteiger partial charge in [-0.25, -0.2) is 4.98 Å². The standard InChI is InChI=1S/C23H25N3OS/c1-16(2)23-25-20(15-28-23)13-24-22(27)18-7-9-21(10-8-18)26-12-11-17-5-3-4-6-19(17)14-26/h3-10,15-16H,11-14H2,1-2H3,(H,24,27). The highest BCUT2D eigenvalue weighted by Crippen LogP contribution is 2.24. The van der Waals surface area contributed by atoms with Gasteiger partial charge in [0, 0.05) is 35.6 Å². The zero-order valence-electron chi connectivity index (χ0n) is 16.3. The van der Waals surface area contributed by atoms with Crippen LogP contribution in [-0.4, -0.2) is 17.4 Å². The van der Waals surface area contributed by atoms with Gasteiger partial charge in [-0.2, -0.15) is 0 Å². The van der Waals surface area contributed by atoms with Gasteiger partial charge in [-0.05, 0) is 41.8 Å². The highest BCUT2D eigenvalue weighted by molar-refractivity contribution is 7.09. The molecule has 1 aliphatic rings. The summed E-state index contributed by atoms with van der Waals surface area (Å²) in [6.45, 7) is 6.65. The Morgan fingerprint density at radius 2 is 1.89 bits per heavy atom. The van der Waals surface area contributed by atoms with Crippen LogP contribution in [0.2, 0.25) is 0 Å². The zero-order chi connectivity index (χ0) is 19.5. The van der Waals surface area contributed by atoms with E-state index in [-0.39, 0.29) is 5.91 Å². The van der Waals surface area contributed by atoms with Crippen LogP contribution in [0.5, 0.6) is 0 Å². The van der Waals surface area contributed by atoms with Crippen LogP contribution >= 0.6 is 11.3 Å². The number of hydrogen-bond donors (Lipinski definition) is 1. The Bertz CT molecular complexity index is 962. The first kappa shape index (κ1) is 18.7. The minimum atomic E-state index is -0.0605. The van der Waals surface area contributed by atoms with Gasteiger partial charge >= 0.3 is 0 Å². The summed E-state index contributed by atoms with van der Waals surface area (Å²) in [5.74, 6) is 0.360. The maximum Gasteiger partial charge on any atom is 0.251 e. The van der Waals surface area contributed by atoms with Crippen LogP contribution in [0.4, 0.5) is 5.69 Å². The van der Waals surface area contributed by atoms with Crippen molar-refractivity contribution in [2.75, 3.05) is 11.4 Å². The second-order valence-electron chi connectivity index (χ2n) is 7.50. The molecule has 0 aliphatic carbocycles. The van der Waals surface area contributed by atoms with E-state index in [0.29, 0.717) is 18.0 Å². The molecule has 28 heavy (non-hydrogen) atoms. The van der Waals surface area contributed by atoms with Crippen LogP contribution in [0.15, 0.2) is 53.9 Å². The van der Waals surface area contributed by atoms with Gasteiger partial charge in [0.15, 0.2) is 0 Å². The van der Waals surface area contributed by atoms with Crippen molar-refractivity contribution in [1.82, 2.24) is 10.3 Å². The van der Waals surface area contributed by atoms with E-state index in [1.165, 1.54) is 11.1 Å². The number of hydrogen-bond acceptors (Lipinski definition) is 4. The molecule has 0 fully saturated rings. The summed E-state index contributed by atoms with van der Waals surface area (Å²) in [5, 5.41) is 6.10. The summed E-state index contributed by atoms with van der Waals surface area (Å²) >= 11 is 1.65. The summed E-state index contributed by atoms with van der Waals surface area (Å²) in [5.41, 5.74) is 5.59. The van der Waals surface area contributed by atoms with Crippen molar-refractivity contribution in [2.24, 2.45) is 0 Å². The molecule has 3 aromatic rings. The van der Waals surface area contributed by atoms with E-state index in [9.17, 15) is 4.79 Å². The predicted octanol–water partition coefficient (Wildman–Crippen LogP) is 4.76. The lowest BCUT2D eigenvalue weighted by atomic mass is 9.99. The topological polar surface area (TPSA) is 45.2 Å². The molecule has 4 nitrogen and oxygen atoms in total. The Labute approximate surface area is 170 Å². The fourth-order valence-electron chi connectivity index (χ4n) is 3.48. The molecule has 1 amide bonds. The van der Waals surface area contributed by atoms with Crippen molar-refractivity contribution in [2.45, 2.75) is 39.3 Å². The van der Waals surface area contributed by atoms with Gasteiger partial charge in [0.2, 0.25) is 0 Å². The van der Waals surface area contributed by atoms with Crippen molar-refractivity contribution in [3.05, 3.63) is 81.3 Å². The molecule has 1 aliphatic heterocycles. The monoisotopic (exact) mass is 391 g/mol. The Hall–Kier alpha value is -2.66. The molecular weight excluding hydrogens is 366 g/mol. The number of nitrogens with one attached hydrogen (secondary N) is 1. The number of amides is 1. The third kappa shape index (κ3) is 4.09. The van der Waals surface area contributed by atoms with E-state index < -0.39 is 0 Å². The van der Waals surface area contributed by atoms with Gasteiger partial charge in [-0.15, -0.1) is 11.3 Å². The average Bonchev–Trinajstić information content (AvgIpc) is 3.21. The van der Waals surface area contributed by atoms with Gasteiger partial charge in [0.05, 0.1) is 17.2 Å². The molecule has 2 aromatic carbocycles. The Kier molecular flexibility index (Phi) is 5.44. The van der Waals surface area contributed by atoms with Crippen LogP contribution in [-0.2, 0) is 19.5 Å². The van der Waals surface area contributed by atoms with Crippen LogP contribution in [0.25, 0.3) is 0 Å². The highest BCUT2D eigenvalue weighted by Gasteiger charge is 2.16. The lowest BCUT2D eigenvalue weighted by Gasteiger charge is -2.30. The Morgan fingerprint density at radius 3 is 2.61 bits per heavy atom. The number of aromatic nitrogens is 1. The molecule has 0 saturated carbocycles. The number of rotatable bonds is 5. The normalized spacial score (nSPS) is 13.5. The van der Waals surface area contributed by atoms with E-state index in [4.69, 9.17) is 0 Å². The first-order chi connectivity index (χ1) is 13.6. The molecule has 144 valence electrons. The molecule has 4 rings (SSSR count). The fourth-order valence-corrected chi connectivity index (χ4v) is 4.32. The second-order valence-corrected chi connectivity index (χ2v) is 8.39. The Morgan fingerprint density at radius 1 is 1.14 bits per heavy atom. The molecule has 0 unspecified atom stereocenters. The number of anilines is 1. The number of carbonyl (C=O) groups excluding carboxylic acids is 1. The van der Waals surface area contributed by atoms with Crippen molar-refractivity contribution in [1.29, 1.82) is 0 Å². The molecular formula is C23H25N3OS. The summed E-state index contributed by atoms with van der Waals surface area (Å²) < 4.78 is 0. The van der Waals surface area contributed by atoms with Crippen LogP contribution in [0.1, 0.15) is 52.0 Å². The van der Waals surface area contributed by atoms with E-state index >= 15 is 0 Å². The minimum absolute atomic E-state index is 0.0605. The number of fused-ring (bicyclic) bond motifs is 1.